The van der Waals surface area contributed by atoms with Gasteiger partial charge in [-0.15, -0.1) is 0 Å². The number of ether oxygens (including phenoxy) is 2. The molecule has 1 aliphatic heterocycles. The van der Waals surface area contributed by atoms with Gasteiger partial charge in [0.05, 0.1) is 18.1 Å². The first-order valence-electron chi connectivity index (χ1n) is 10.5. The number of halogens is 1. The van der Waals surface area contributed by atoms with Gasteiger partial charge < -0.3 is 14.8 Å². The summed E-state index contributed by atoms with van der Waals surface area (Å²) in [7, 11) is -3.89. The number of fused-ring (bicyclic) bond motifs is 1. The average molecular weight is 487 g/mol. The van der Waals surface area contributed by atoms with Crippen molar-refractivity contribution >= 4 is 33.2 Å². The summed E-state index contributed by atoms with van der Waals surface area (Å²) in [6.45, 7) is 1.42. The smallest absolute Gasteiger partial charge is 0.262 e. The summed E-state index contributed by atoms with van der Waals surface area (Å²) >= 11 is 5.88. The van der Waals surface area contributed by atoms with E-state index in [1.807, 2.05) is 12.1 Å². The van der Waals surface area contributed by atoms with E-state index in [4.69, 9.17) is 21.1 Å². The maximum absolute atomic E-state index is 12.9. The molecule has 0 saturated carbocycles. The molecule has 0 aliphatic carbocycles. The summed E-state index contributed by atoms with van der Waals surface area (Å²) in [6, 6.07) is 18.2. The molecule has 0 fully saturated rings. The zero-order valence-electron chi connectivity index (χ0n) is 17.7. The zero-order valence-corrected chi connectivity index (χ0v) is 19.3. The van der Waals surface area contributed by atoms with Crippen molar-refractivity contribution in [2.24, 2.45) is 0 Å². The first-order valence-corrected chi connectivity index (χ1v) is 12.3. The van der Waals surface area contributed by atoms with Gasteiger partial charge in [-0.05, 0) is 54.4 Å². The van der Waals surface area contributed by atoms with Gasteiger partial charge in [-0.1, -0.05) is 29.8 Å². The van der Waals surface area contributed by atoms with Crippen molar-refractivity contribution in [1.82, 2.24) is 5.32 Å². The minimum atomic E-state index is -3.89. The van der Waals surface area contributed by atoms with Crippen LogP contribution in [0.4, 0.5) is 5.69 Å². The molecule has 1 amide bonds. The summed E-state index contributed by atoms with van der Waals surface area (Å²) < 4.78 is 39.4. The summed E-state index contributed by atoms with van der Waals surface area (Å²) in [6.07, 6.45) is 1.38. The van der Waals surface area contributed by atoms with Gasteiger partial charge >= 0.3 is 0 Å². The lowest BCUT2D eigenvalue weighted by Gasteiger charge is -2.12. The fourth-order valence-corrected chi connectivity index (χ4v) is 4.51. The highest BCUT2D eigenvalue weighted by atomic mass is 35.5. The van der Waals surface area contributed by atoms with Gasteiger partial charge in [0.2, 0.25) is 0 Å². The Kier molecular flexibility index (Phi) is 7.05. The number of hydrogen-bond donors (Lipinski definition) is 2. The predicted molar refractivity (Wildman–Crippen MR) is 127 cm³/mol. The molecular weight excluding hydrogens is 464 g/mol. The average Bonchev–Trinajstić information content (AvgIpc) is 3.05. The second-order valence-electron chi connectivity index (χ2n) is 7.48. The van der Waals surface area contributed by atoms with Crippen LogP contribution >= 0.6 is 11.6 Å². The van der Waals surface area contributed by atoms with E-state index in [1.54, 1.807) is 36.4 Å². The summed E-state index contributed by atoms with van der Waals surface area (Å²) in [5, 5.41) is 3.51. The van der Waals surface area contributed by atoms with Crippen LogP contribution in [0.15, 0.2) is 71.6 Å². The molecule has 7 nitrogen and oxygen atoms in total. The molecule has 3 aromatic rings. The van der Waals surface area contributed by atoms with Crippen LogP contribution < -0.4 is 19.5 Å². The van der Waals surface area contributed by atoms with Gasteiger partial charge in [0.25, 0.3) is 15.9 Å². The van der Waals surface area contributed by atoms with Crippen LogP contribution in [0.25, 0.3) is 0 Å². The largest absolute Gasteiger partial charge is 0.490 e. The Morgan fingerprint density at radius 2 is 1.70 bits per heavy atom. The minimum absolute atomic E-state index is 0.0459. The van der Waals surface area contributed by atoms with Gasteiger partial charge in [0.15, 0.2) is 11.5 Å². The lowest BCUT2D eigenvalue weighted by atomic mass is 10.1. The number of benzene rings is 3. The number of rotatable bonds is 7. The van der Waals surface area contributed by atoms with Gasteiger partial charge in [-0.3, -0.25) is 9.52 Å². The third kappa shape index (κ3) is 5.97. The van der Waals surface area contributed by atoms with E-state index in [1.165, 1.54) is 18.2 Å². The minimum Gasteiger partial charge on any atom is -0.490 e. The molecule has 4 rings (SSSR count). The monoisotopic (exact) mass is 486 g/mol. The Labute approximate surface area is 197 Å². The Morgan fingerprint density at radius 3 is 2.48 bits per heavy atom. The van der Waals surface area contributed by atoms with Gasteiger partial charge in [-0.25, -0.2) is 8.42 Å². The Bertz CT molecular complexity index is 1250. The molecule has 0 radical (unpaired) electrons. The topological polar surface area (TPSA) is 93.7 Å². The standard InChI is InChI=1S/C24H23ClN2O5S/c25-19-7-5-17(6-8-19)11-12-26-24(28)18-3-1-4-20(15-18)27-33(29,30)21-9-10-22-23(16-21)32-14-2-13-31-22/h1,3-10,15-16,27H,2,11-14H2,(H,26,28). The number of nitrogens with one attached hydrogen (secondary N) is 2. The number of carbonyl (C=O) groups excluding carboxylic acids is 1. The van der Waals surface area contributed by atoms with Crippen LogP contribution in [0, 0.1) is 0 Å². The van der Waals surface area contributed by atoms with Crippen molar-refractivity contribution in [2.45, 2.75) is 17.7 Å². The van der Waals surface area contributed by atoms with E-state index in [0.717, 1.165) is 12.0 Å². The molecule has 0 aromatic heterocycles. The third-order valence-corrected chi connectivity index (χ3v) is 6.65. The highest BCUT2D eigenvalue weighted by molar-refractivity contribution is 7.92. The predicted octanol–water partition coefficient (Wildman–Crippen LogP) is 4.27. The number of carbonyl (C=O) groups is 1. The van der Waals surface area contributed by atoms with E-state index in [-0.39, 0.29) is 16.5 Å². The van der Waals surface area contributed by atoms with Crippen LogP contribution in [0.3, 0.4) is 0 Å². The van der Waals surface area contributed by atoms with Crippen LogP contribution in [0.1, 0.15) is 22.3 Å². The van der Waals surface area contributed by atoms with Crippen LogP contribution in [-0.4, -0.2) is 34.1 Å². The molecule has 0 unspecified atom stereocenters. The van der Waals surface area contributed by atoms with E-state index >= 15 is 0 Å². The van der Waals surface area contributed by atoms with Crippen molar-refractivity contribution in [3.05, 3.63) is 82.9 Å². The molecule has 0 bridgehead atoms. The van der Waals surface area contributed by atoms with Crippen LogP contribution in [-0.2, 0) is 16.4 Å². The van der Waals surface area contributed by atoms with Crippen molar-refractivity contribution in [2.75, 3.05) is 24.5 Å². The quantitative estimate of drug-likeness (QED) is 0.520. The SMILES string of the molecule is O=C(NCCc1ccc(Cl)cc1)c1cccc(NS(=O)(=O)c2ccc3c(c2)OCCCO3)c1. The molecule has 1 heterocycles. The first-order chi connectivity index (χ1) is 15.9. The third-order valence-electron chi connectivity index (χ3n) is 5.02. The Hall–Kier alpha value is -3.23. The number of amides is 1. The second kappa shape index (κ2) is 10.1. The lowest BCUT2D eigenvalue weighted by molar-refractivity contribution is 0.0954. The summed E-state index contributed by atoms with van der Waals surface area (Å²) in [4.78, 5) is 12.6. The highest BCUT2D eigenvalue weighted by Gasteiger charge is 2.19. The molecule has 9 heteroatoms. The molecule has 172 valence electrons. The van der Waals surface area contributed by atoms with E-state index < -0.39 is 10.0 Å². The van der Waals surface area contributed by atoms with Crippen molar-refractivity contribution in [3.63, 3.8) is 0 Å². The Balaban J connectivity index is 1.41. The Morgan fingerprint density at radius 1 is 0.939 bits per heavy atom. The van der Waals surface area contributed by atoms with Gasteiger partial charge in [0, 0.05) is 35.3 Å². The molecule has 0 saturated heterocycles. The second-order valence-corrected chi connectivity index (χ2v) is 9.60. The molecule has 0 spiro atoms. The number of anilines is 1. The number of sulfonamides is 1. The van der Waals surface area contributed by atoms with Gasteiger partial charge in [0.1, 0.15) is 0 Å². The molecular formula is C24H23ClN2O5S. The highest BCUT2D eigenvalue weighted by Crippen LogP contribution is 2.32. The van der Waals surface area contributed by atoms with Crippen LogP contribution in [0.5, 0.6) is 11.5 Å². The first kappa shape index (κ1) is 22.9. The van der Waals surface area contributed by atoms with E-state index in [9.17, 15) is 13.2 Å². The number of hydrogen-bond acceptors (Lipinski definition) is 5. The zero-order chi connectivity index (χ0) is 23.3. The summed E-state index contributed by atoms with van der Waals surface area (Å²) in [5.41, 5.74) is 1.69. The molecule has 1 aliphatic rings. The molecule has 2 N–H and O–H groups in total. The molecule has 0 atom stereocenters. The van der Waals surface area contributed by atoms with Crippen molar-refractivity contribution in [1.29, 1.82) is 0 Å². The van der Waals surface area contributed by atoms with Crippen molar-refractivity contribution in [3.8, 4) is 11.5 Å². The normalized spacial score (nSPS) is 13.1. The van der Waals surface area contributed by atoms with Crippen molar-refractivity contribution < 1.29 is 22.7 Å². The molecule has 33 heavy (non-hydrogen) atoms. The fourth-order valence-electron chi connectivity index (χ4n) is 3.32. The van der Waals surface area contributed by atoms with Gasteiger partial charge in [-0.2, -0.15) is 0 Å². The maximum Gasteiger partial charge on any atom is 0.262 e. The van der Waals surface area contributed by atoms with E-state index in [2.05, 4.69) is 10.0 Å². The maximum atomic E-state index is 12.9. The van der Waals surface area contributed by atoms with E-state index in [0.29, 0.717) is 48.3 Å². The lowest BCUT2D eigenvalue weighted by Crippen LogP contribution is -2.25. The van der Waals surface area contributed by atoms with Crippen LogP contribution in [0.2, 0.25) is 5.02 Å². The summed E-state index contributed by atoms with van der Waals surface area (Å²) in [5.74, 6) is 0.619. The fraction of sp³-hybridized carbons (Fsp3) is 0.208. The molecule has 3 aromatic carbocycles.